The summed E-state index contributed by atoms with van der Waals surface area (Å²) in [6, 6.07) is 0. The second-order valence-corrected chi connectivity index (χ2v) is 9.31. The Kier molecular flexibility index (Phi) is 11.0. The van der Waals surface area contributed by atoms with Crippen LogP contribution < -0.4 is 0 Å². The van der Waals surface area contributed by atoms with Gasteiger partial charge in [-0.05, 0) is 64.4 Å². The molecule has 0 saturated heterocycles. The largest absolute Gasteiger partial charge is 0.432 e. The molecule has 0 aromatic rings. The molecule has 6 nitrogen and oxygen atoms in total. The van der Waals surface area contributed by atoms with Gasteiger partial charge in [0.25, 0.3) is 0 Å². The molecule has 0 aliphatic heterocycles. The molecule has 0 saturated carbocycles. The molecule has 0 aromatic heterocycles. The number of aliphatic hydroxyl groups excluding tert-OH is 1. The Morgan fingerprint density at radius 2 is 1.97 bits per heavy atom. The van der Waals surface area contributed by atoms with Crippen molar-refractivity contribution >= 4 is 17.5 Å². The van der Waals surface area contributed by atoms with Crippen LogP contribution in [0.5, 0.6) is 0 Å². The van der Waals surface area contributed by atoms with Crippen LogP contribution in [0.2, 0.25) is 0 Å². The third kappa shape index (κ3) is 8.32. The molecule has 0 radical (unpaired) electrons. The number of rotatable bonds is 11. The highest BCUT2D eigenvalue weighted by molar-refractivity contribution is 6.00. The van der Waals surface area contributed by atoms with Crippen molar-refractivity contribution in [3.05, 3.63) is 47.8 Å². The van der Waals surface area contributed by atoms with Crippen LogP contribution in [0.1, 0.15) is 60.3 Å². The molecule has 0 spiro atoms. The summed E-state index contributed by atoms with van der Waals surface area (Å²) < 4.78 is 10.4. The molecule has 1 rings (SSSR count). The van der Waals surface area contributed by atoms with E-state index >= 15 is 0 Å². The van der Waals surface area contributed by atoms with Gasteiger partial charge in [-0.1, -0.05) is 30.7 Å². The number of allylic oxidation sites excluding steroid dienone is 3. The minimum absolute atomic E-state index is 0.0788. The smallest absolute Gasteiger partial charge is 0.335 e. The zero-order valence-corrected chi connectivity index (χ0v) is 20.3. The number of carbonyl (C=O) groups is 3. The molecule has 178 valence electrons. The summed E-state index contributed by atoms with van der Waals surface area (Å²) in [5.74, 6) is -1.70. The molecule has 1 aliphatic carbocycles. The highest BCUT2D eigenvalue weighted by Crippen LogP contribution is 2.46. The monoisotopic (exact) mass is 446 g/mol. The summed E-state index contributed by atoms with van der Waals surface area (Å²) >= 11 is 0. The number of aliphatic hydroxyl groups is 1. The van der Waals surface area contributed by atoms with E-state index in [2.05, 4.69) is 6.58 Å². The molecule has 6 heteroatoms. The number of methoxy groups -OCH3 is 1. The number of ketones is 2. The van der Waals surface area contributed by atoms with Crippen molar-refractivity contribution in [2.24, 2.45) is 17.3 Å². The van der Waals surface area contributed by atoms with Crippen molar-refractivity contribution in [2.45, 2.75) is 66.4 Å². The molecule has 0 unspecified atom stereocenters. The van der Waals surface area contributed by atoms with Crippen LogP contribution in [-0.2, 0) is 23.9 Å². The summed E-state index contributed by atoms with van der Waals surface area (Å²) in [5.41, 5.74) is 1.58. The zero-order chi connectivity index (χ0) is 24.5. The lowest BCUT2D eigenvalue weighted by atomic mass is 9.65. The SMILES string of the molecule is C=C(C)[C@H](O)CC[C@@]1(C)CC=C(COC)C(=O)[C@@H](CC(C)=O)[C@@H]1/C=C/OC(=O)C=C(C)C. The zero-order valence-electron chi connectivity index (χ0n) is 20.3. The van der Waals surface area contributed by atoms with Gasteiger partial charge < -0.3 is 19.4 Å². The van der Waals surface area contributed by atoms with E-state index in [1.165, 1.54) is 26.4 Å². The van der Waals surface area contributed by atoms with Crippen molar-refractivity contribution < 1.29 is 29.0 Å². The van der Waals surface area contributed by atoms with E-state index in [1.807, 2.05) is 13.0 Å². The fraction of sp³-hybridized carbons (Fsp3) is 0.577. The van der Waals surface area contributed by atoms with Crippen LogP contribution in [0.3, 0.4) is 0 Å². The third-order valence-corrected chi connectivity index (χ3v) is 5.95. The van der Waals surface area contributed by atoms with Crippen molar-refractivity contribution in [3.8, 4) is 0 Å². The van der Waals surface area contributed by atoms with E-state index in [4.69, 9.17) is 9.47 Å². The van der Waals surface area contributed by atoms with Gasteiger partial charge in [0, 0.05) is 31.1 Å². The lowest BCUT2D eigenvalue weighted by molar-refractivity contribution is -0.132. The summed E-state index contributed by atoms with van der Waals surface area (Å²) in [7, 11) is 1.53. The van der Waals surface area contributed by atoms with Gasteiger partial charge in [0.05, 0.1) is 19.0 Å². The van der Waals surface area contributed by atoms with Gasteiger partial charge in [0.1, 0.15) is 5.78 Å². The van der Waals surface area contributed by atoms with Crippen molar-refractivity contribution in [2.75, 3.05) is 13.7 Å². The first kappa shape index (κ1) is 27.7. The van der Waals surface area contributed by atoms with Crippen LogP contribution in [0.4, 0.5) is 0 Å². The summed E-state index contributed by atoms with van der Waals surface area (Å²) in [6.45, 7) is 12.9. The normalized spacial score (nSPS) is 24.5. The Hall–Kier alpha value is -2.31. The maximum absolute atomic E-state index is 13.3. The van der Waals surface area contributed by atoms with Crippen molar-refractivity contribution in [1.82, 2.24) is 0 Å². The van der Waals surface area contributed by atoms with Gasteiger partial charge >= 0.3 is 5.97 Å². The summed E-state index contributed by atoms with van der Waals surface area (Å²) in [4.78, 5) is 37.4. The maximum atomic E-state index is 13.3. The maximum Gasteiger partial charge on any atom is 0.335 e. The average Bonchev–Trinajstić information content (AvgIpc) is 2.77. The van der Waals surface area contributed by atoms with Crippen LogP contribution in [0, 0.1) is 17.3 Å². The summed E-state index contributed by atoms with van der Waals surface area (Å²) in [6.07, 6.45) is 7.37. The molecule has 1 N–H and O–H groups in total. The van der Waals surface area contributed by atoms with Crippen LogP contribution >= 0.6 is 0 Å². The molecular formula is C26H38O6. The Morgan fingerprint density at radius 3 is 2.50 bits per heavy atom. The fourth-order valence-corrected chi connectivity index (χ4v) is 4.10. The number of carbonyl (C=O) groups excluding carboxylic acids is 3. The standard InChI is InChI=1S/C26H38O6/c1-17(2)14-24(29)32-13-10-22-21(15-19(5)27)25(30)20(16-31-7)8-11-26(22,6)12-9-23(28)18(3)4/h8,10,13-14,21-23,28H,3,9,11-12,15-16H2,1-2,4-7H3/b13-10+/t21-,22-,23+,26+/m0/s1. The number of hydrogen-bond acceptors (Lipinski definition) is 6. The predicted molar refractivity (Wildman–Crippen MR) is 125 cm³/mol. The van der Waals surface area contributed by atoms with E-state index < -0.39 is 23.4 Å². The van der Waals surface area contributed by atoms with Crippen molar-refractivity contribution in [1.29, 1.82) is 0 Å². The van der Waals surface area contributed by atoms with Crippen LogP contribution in [0.15, 0.2) is 47.8 Å². The summed E-state index contributed by atoms with van der Waals surface area (Å²) in [5, 5.41) is 10.3. The second kappa shape index (κ2) is 12.7. The lowest BCUT2D eigenvalue weighted by Gasteiger charge is -2.38. The predicted octanol–water partition coefficient (Wildman–Crippen LogP) is 4.49. The molecule has 0 heterocycles. The molecule has 1 aliphatic rings. The Labute approximate surface area is 192 Å². The van der Waals surface area contributed by atoms with Gasteiger partial charge in [-0.15, -0.1) is 0 Å². The highest BCUT2D eigenvalue weighted by atomic mass is 16.5. The topological polar surface area (TPSA) is 89.9 Å². The first-order valence-corrected chi connectivity index (χ1v) is 11.0. The number of esters is 1. The van der Waals surface area contributed by atoms with E-state index in [-0.39, 0.29) is 30.5 Å². The van der Waals surface area contributed by atoms with Gasteiger partial charge in [0.2, 0.25) is 0 Å². The van der Waals surface area contributed by atoms with E-state index in [0.29, 0.717) is 30.4 Å². The Balaban J connectivity index is 3.37. The van der Waals surface area contributed by atoms with E-state index in [9.17, 15) is 19.5 Å². The molecular weight excluding hydrogens is 408 g/mol. The van der Waals surface area contributed by atoms with Crippen LogP contribution in [0.25, 0.3) is 0 Å². The number of Topliss-reactive ketones (excluding diaryl/α,β-unsaturated/α-hetero) is 2. The number of hydrogen-bond donors (Lipinski definition) is 1. The molecule has 0 amide bonds. The minimum atomic E-state index is -0.653. The highest BCUT2D eigenvalue weighted by Gasteiger charge is 2.43. The van der Waals surface area contributed by atoms with Gasteiger partial charge in [0.15, 0.2) is 5.78 Å². The van der Waals surface area contributed by atoms with Crippen molar-refractivity contribution in [3.63, 3.8) is 0 Å². The third-order valence-electron chi connectivity index (χ3n) is 5.95. The van der Waals surface area contributed by atoms with E-state index in [1.54, 1.807) is 26.8 Å². The van der Waals surface area contributed by atoms with Crippen LogP contribution in [-0.4, -0.2) is 42.5 Å². The van der Waals surface area contributed by atoms with Gasteiger partial charge in [-0.3, -0.25) is 4.79 Å². The van der Waals surface area contributed by atoms with Gasteiger partial charge in [-0.2, -0.15) is 0 Å². The lowest BCUT2D eigenvalue weighted by Crippen LogP contribution is -2.36. The molecule has 0 aromatic carbocycles. The number of ether oxygens (including phenoxy) is 2. The first-order chi connectivity index (χ1) is 14.9. The molecule has 4 atom stereocenters. The molecule has 0 fully saturated rings. The fourth-order valence-electron chi connectivity index (χ4n) is 4.10. The molecule has 0 bridgehead atoms. The van der Waals surface area contributed by atoms with E-state index in [0.717, 1.165) is 5.57 Å². The van der Waals surface area contributed by atoms with Gasteiger partial charge in [-0.25, -0.2) is 4.79 Å². The quantitative estimate of drug-likeness (QED) is 0.218. The second-order valence-electron chi connectivity index (χ2n) is 9.31. The average molecular weight is 447 g/mol. The first-order valence-electron chi connectivity index (χ1n) is 11.0. The molecule has 32 heavy (non-hydrogen) atoms. The Bertz CT molecular complexity index is 799. The minimum Gasteiger partial charge on any atom is -0.432 e. The Morgan fingerprint density at radius 1 is 1.31 bits per heavy atom.